The maximum atomic E-state index is 10.2. The summed E-state index contributed by atoms with van der Waals surface area (Å²) >= 11 is 5.85. The van der Waals surface area contributed by atoms with Gasteiger partial charge < -0.3 is 19.5 Å². The number of hydrogen-bond donors (Lipinski definition) is 1. The van der Waals surface area contributed by atoms with Crippen LogP contribution in [0.5, 0.6) is 0 Å². The minimum absolute atomic E-state index is 0.209. The zero-order valence-electron chi connectivity index (χ0n) is 13.9. The van der Waals surface area contributed by atoms with Crippen LogP contribution >= 0.6 is 11.6 Å². The number of rotatable bonds is 8. The Morgan fingerprint density at radius 3 is 2.83 bits per heavy atom. The van der Waals surface area contributed by atoms with Gasteiger partial charge in [-0.1, -0.05) is 23.7 Å². The van der Waals surface area contributed by atoms with Gasteiger partial charge in [0, 0.05) is 31.2 Å². The first kappa shape index (κ1) is 18.6. The molecule has 0 spiro atoms. The first-order chi connectivity index (χ1) is 11.0. The molecule has 6 heteroatoms. The topological polar surface area (TPSA) is 45.2 Å². The van der Waals surface area contributed by atoms with Gasteiger partial charge in [0.15, 0.2) is 0 Å². The maximum Gasteiger partial charge on any atom is 0.0900 e. The molecule has 2 atom stereocenters. The van der Waals surface area contributed by atoms with Crippen molar-refractivity contribution in [3.05, 3.63) is 34.9 Å². The molecule has 0 amide bonds. The molecule has 1 aromatic rings. The van der Waals surface area contributed by atoms with E-state index in [1.807, 2.05) is 38.4 Å². The molecule has 0 radical (unpaired) electrons. The predicted octanol–water partition coefficient (Wildman–Crippen LogP) is 1.48. The second-order valence-electron chi connectivity index (χ2n) is 6.31. The molecule has 1 N–H and O–H groups in total. The molecular formula is C17H27ClN2O3. The Morgan fingerprint density at radius 2 is 2.13 bits per heavy atom. The molecule has 0 bridgehead atoms. The van der Waals surface area contributed by atoms with Crippen LogP contribution < -0.4 is 0 Å². The van der Waals surface area contributed by atoms with Gasteiger partial charge in [-0.3, -0.25) is 4.90 Å². The fraction of sp³-hybridized carbons (Fsp3) is 0.647. The van der Waals surface area contributed by atoms with E-state index in [9.17, 15) is 5.11 Å². The highest BCUT2D eigenvalue weighted by molar-refractivity contribution is 6.30. The molecule has 1 fully saturated rings. The Balaban J connectivity index is 1.65. The number of benzene rings is 1. The molecule has 1 saturated heterocycles. The molecule has 0 saturated carbocycles. The minimum atomic E-state index is -0.486. The van der Waals surface area contributed by atoms with Gasteiger partial charge in [-0.25, -0.2) is 0 Å². The van der Waals surface area contributed by atoms with Crippen LogP contribution in [0.3, 0.4) is 0 Å². The van der Waals surface area contributed by atoms with Crippen molar-refractivity contribution < 1.29 is 14.6 Å². The standard InChI is InChI=1S/C17H27ClN2O3/c1-19(2)10-17-11-20(7-8-23-17)9-16(21)13-22-12-14-3-5-15(18)6-4-14/h3-6,16-17,21H,7-13H2,1-2H3/t16-,17-/m1/s1. The molecule has 0 aromatic heterocycles. The third kappa shape index (κ3) is 7.16. The van der Waals surface area contributed by atoms with Crippen LogP contribution in [0.2, 0.25) is 5.02 Å². The Bertz CT molecular complexity index is 456. The van der Waals surface area contributed by atoms with Gasteiger partial charge in [0.05, 0.1) is 32.0 Å². The quantitative estimate of drug-likeness (QED) is 0.775. The smallest absolute Gasteiger partial charge is 0.0900 e. The summed E-state index contributed by atoms with van der Waals surface area (Å²) in [6, 6.07) is 7.55. The number of likely N-dealkylation sites (N-methyl/N-ethyl adjacent to an activating group) is 1. The summed E-state index contributed by atoms with van der Waals surface area (Å²) in [5.74, 6) is 0. The van der Waals surface area contributed by atoms with Crippen LogP contribution in [0.15, 0.2) is 24.3 Å². The fourth-order valence-electron chi connectivity index (χ4n) is 2.71. The molecule has 23 heavy (non-hydrogen) atoms. The Labute approximate surface area is 143 Å². The minimum Gasteiger partial charge on any atom is -0.389 e. The highest BCUT2D eigenvalue weighted by Crippen LogP contribution is 2.11. The lowest BCUT2D eigenvalue weighted by Gasteiger charge is -2.35. The summed E-state index contributed by atoms with van der Waals surface area (Å²) in [6.45, 7) is 4.77. The van der Waals surface area contributed by atoms with Gasteiger partial charge in [0.25, 0.3) is 0 Å². The predicted molar refractivity (Wildman–Crippen MR) is 91.8 cm³/mol. The molecule has 2 rings (SSSR count). The third-order valence-corrected chi connectivity index (χ3v) is 4.00. The van der Waals surface area contributed by atoms with E-state index in [-0.39, 0.29) is 6.10 Å². The lowest BCUT2D eigenvalue weighted by atomic mass is 10.2. The zero-order chi connectivity index (χ0) is 16.7. The second kappa shape index (κ2) is 9.57. The highest BCUT2D eigenvalue weighted by atomic mass is 35.5. The lowest BCUT2D eigenvalue weighted by Crippen LogP contribution is -2.49. The van der Waals surface area contributed by atoms with E-state index in [0.29, 0.717) is 24.8 Å². The summed E-state index contributed by atoms with van der Waals surface area (Å²) in [5.41, 5.74) is 1.05. The largest absolute Gasteiger partial charge is 0.389 e. The number of β-amino-alcohol motifs (C(OH)–C–C–N with tert-alkyl or cyclic N) is 1. The van der Waals surface area contributed by atoms with Crippen LogP contribution in [0.1, 0.15) is 5.56 Å². The van der Waals surface area contributed by atoms with E-state index in [4.69, 9.17) is 21.1 Å². The summed E-state index contributed by atoms with van der Waals surface area (Å²) in [7, 11) is 4.09. The number of nitrogens with zero attached hydrogens (tertiary/aromatic N) is 2. The van der Waals surface area contributed by atoms with Crippen LogP contribution in [0, 0.1) is 0 Å². The van der Waals surface area contributed by atoms with Crippen molar-refractivity contribution in [1.82, 2.24) is 9.80 Å². The number of hydrogen-bond acceptors (Lipinski definition) is 5. The summed E-state index contributed by atoms with van der Waals surface area (Å²) in [6.07, 6.45) is -0.277. The van der Waals surface area contributed by atoms with Crippen molar-refractivity contribution in [3.8, 4) is 0 Å². The molecule has 130 valence electrons. The maximum absolute atomic E-state index is 10.2. The Morgan fingerprint density at radius 1 is 1.39 bits per heavy atom. The van der Waals surface area contributed by atoms with Crippen LogP contribution in [0.4, 0.5) is 0 Å². The number of morpholine rings is 1. The molecule has 1 aliphatic heterocycles. The fourth-order valence-corrected chi connectivity index (χ4v) is 2.83. The van der Waals surface area contributed by atoms with Gasteiger partial charge >= 0.3 is 0 Å². The molecular weight excluding hydrogens is 316 g/mol. The van der Waals surface area contributed by atoms with Crippen molar-refractivity contribution in [1.29, 1.82) is 0 Å². The second-order valence-corrected chi connectivity index (χ2v) is 6.75. The van der Waals surface area contributed by atoms with E-state index in [1.165, 1.54) is 0 Å². The number of halogens is 1. The van der Waals surface area contributed by atoms with Gasteiger partial charge in [-0.2, -0.15) is 0 Å². The van der Waals surface area contributed by atoms with E-state index < -0.39 is 6.10 Å². The molecule has 0 aliphatic carbocycles. The third-order valence-electron chi connectivity index (χ3n) is 3.75. The average molecular weight is 343 g/mol. The van der Waals surface area contributed by atoms with Gasteiger partial charge in [0.2, 0.25) is 0 Å². The summed E-state index contributed by atoms with van der Waals surface area (Å²) in [4.78, 5) is 4.37. The van der Waals surface area contributed by atoms with Crippen molar-refractivity contribution in [2.75, 3.05) is 53.5 Å². The molecule has 1 heterocycles. The van der Waals surface area contributed by atoms with Crippen molar-refractivity contribution in [3.63, 3.8) is 0 Å². The summed E-state index contributed by atoms with van der Waals surface area (Å²) in [5, 5.41) is 10.9. The Hall–Kier alpha value is -0.690. The highest BCUT2D eigenvalue weighted by Gasteiger charge is 2.22. The number of ether oxygens (including phenoxy) is 2. The normalized spacial score (nSPS) is 20.8. The molecule has 1 aliphatic rings. The van der Waals surface area contributed by atoms with Crippen molar-refractivity contribution >= 4 is 11.6 Å². The van der Waals surface area contributed by atoms with E-state index >= 15 is 0 Å². The van der Waals surface area contributed by atoms with Gasteiger partial charge in [0.1, 0.15) is 0 Å². The zero-order valence-corrected chi connectivity index (χ0v) is 14.7. The van der Waals surface area contributed by atoms with Crippen LogP contribution in [-0.4, -0.2) is 80.6 Å². The van der Waals surface area contributed by atoms with Crippen molar-refractivity contribution in [2.24, 2.45) is 0 Å². The molecule has 1 aromatic carbocycles. The number of aliphatic hydroxyl groups is 1. The van der Waals surface area contributed by atoms with Crippen molar-refractivity contribution in [2.45, 2.75) is 18.8 Å². The number of aliphatic hydroxyl groups excluding tert-OH is 1. The van der Waals surface area contributed by atoms with Gasteiger partial charge in [-0.05, 0) is 31.8 Å². The van der Waals surface area contributed by atoms with E-state index in [2.05, 4.69) is 9.80 Å². The van der Waals surface area contributed by atoms with E-state index in [0.717, 1.165) is 31.8 Å². The first-order valence-electron chi connectivity index (χ1n) is 8.02. The van der Waals surface area contributed by atoms with Crippen LogP contribution in [-0.2, 0) is 16.1 Å². The molecule has 5 nitrogen and oxygen atoms in total. The molecule has 0 unspecified atom stereocenters. The van der Waals surface area contributed by atoms with Crippen LogP contribution in [0.25, 0.3) is 0 Å². The Kier molecular flexibility index (Phi) is 7.76. The SMILES string of the molecule is CN(C)C[C@@H]1CN(C[C@@H](O)COCc2ccc(Cl)cc2)CCO1. The summed E-state index contributed by atoms with van der Waals surface area (Å²) < 4.78 is 11.3. The monoisotopic (exact) mass is 342 g/mol. The lowest BCUT2D eigenvalue weighted by molar-refractivity contribution is -0.0584. The first-order valence-corrected chi connectivity index (χ1v) is 8.39. The average Bonchev–Trinajstić information content (AvgIpc) is 2.49. The van der Waals surface area contributed by atoms with E-state index in [1.54, 1.807) is 0 Å². The van der Waals surface area contributed by atoms with Gasteiger partial charge in [-0.15, -0.1) is 0 Å².